The predicted molar refractivity (Wildman–Crippen MR) is 68.6 cm³/mol. The number of halogens is 3. The molecule has 0 atom stereocenters. The number of alkyl halides is 3. The SMILES string of the molecule is N#Cc1ccc(COc2ccccc2OC(F)(F)F)cc1. The van der Waals surface area contributed by atoms with Crippen LogP contribution in [0.2, 0.25) is 0 Å². The first kappa shape index (κ1) is 14.7. The molecule has 0 aliphatic heterocycles. The summed E-state index contributed by atoms with van der Waals surface area (Å²) >= 11 is 0. The Hall–Kier alpha value is -2.68. The van der Waals surface area contributed by atoms with Crippen LogP contribution < -0.4 is 9.47 Å². The van der Waals surface area contributed by atoms with Gasteiger partial charge in [0, 0.05) is 0 Å². The molecule has 0 N–H and O–H groups in total. The molecule has 3 nitrogen and oxygen atoms in total. The Labute approximate surface area is 119 Å². The second-order valence-corrected chi connectivity index (χ2v) is 4.09. The molecule has 0 bridgehead atoms. The third-order valence-corrected chi connectivity index (χ3v) is 2.55. The monoisotopic (exact) mass is 293 g/mol. The predicted octanol–water partition coefficient (Wildman–Crippen LogP) is 4.04. The fraction of sp³-hybridized carbons (Fsp3) is 0.133. The lowest BCUT2D eigenvalue weighted by Gasteiger charge is -2.13. The van der Waals surface area contributed by atoms with Crippen LogP contribution in [0, 0.1) is 11.3 Å². The molecule has 6 heteroatoms. The van der Waals surface area contributed by atoms with Gasteiger partial charge < -0.3 is 9.47 Å². The van der Waals surface area contributed by atoms with E-state index in [0.29, 0.717) is 5.56 Å². The minimum absolute atomic E-state index is 0.000755. The lowest BCUT2D eigenvalue weighted by Crippen LogP contribution is -2.17. The molecule has 2 aromatic rings. The van der Waals surface area contributed by atoms with Crippen molar-refractivity contribution in [2.24, 2.45) is 0 Å². The number of nitrogens with zero attached hydrogens (tertiary/aromatic N) is 1. The average Bonchev–Trinajstić information content (AvgIpc) is 2.45. The van der Waals surface area contributed by atoms with Gasteiger partial charge in [0.15, 0.2) is 11.5 Å². The molecular weight excluding hydrogens is 283 g/mol. The second kappa shape index (κ2) is 6.18. The summed E-state index contributed by atoms with van der Waals surface area (Å²) in [6.45, 7) is 0.0734. The summed E-state index contributed by atoms with van der Waals surface area (Å²) in [6, 6.07) is 14.1. The van der Waals surface area contributed by atoms with Crippen molar-refractivity contribution in [1.82, 2.24) is 0 Å². The zero-order valence-electron chi connectivity index (χ0n) is 10.7. The van der Waals surface area contributed by atoms with Gasteiger partial charge >= 0.3 is 6.36 Å². The van der Waals surface area contributed by atoms with Crippen molar-refractivity contribution in [2.75, 3.05) is 0 Å². The van der Waals surface area contributed by atoms with Crippen LogP contribution in [-0.4, -0.2) is 6.36 Å². The van der Waals surface area contributed by atoms with E-state index in [1.54, 1.807) is 30.3 Å². The quantitative estimate of drug-likeness (QED) is 0.854. The third-order valence-electron chi connectivity index (χ3n) is 2.55. The molecule has 0 saturated heterocycles. The Bertz CT molecular complexity index is 645. The zero-order valence-corrected chi connectivity index (χ0v) is 10.7. The van der Waals surface area contributed by atoms with Gasteiger partial charge in [0.2, 0.25) is 0 Å². The molecule has 0 aliphatic carbocycles. The summed E-state index contributed by atoms with van der Waals surface area (Å²) in [4.78, 5) is 0. The van der Waals surface area contributed by atoms with Gasteiger partial charge in [-0.3, -0.25) is 0 Å². The van der Waals surface area contributed by atoms with E-state index in [1.165, 1.54) is 18.2 Å². The van der Waals surface area contributed by atoms with Crippen molar-refractivity contribution < 1.29 is 22.6 Å². The fourth-order valence-electron chi connectivity index (χ4n) is 1.61. The summed E-state index contributed by atoms with van der Waals surface area (Å²) in [6.07, 6.45) is -4.77. The van der Waals surface area contributed by atoms with Crippen LogP contribution >= 0.6 is 0 Å². The first-order valence-corrected chi connectivity index (χ1v) is 5.94. The van der Waals surface area contributed by atoms with Crippen molar-refractivity contribution >= 4 is 0 Å². The maximum atomic E-state index is 12.3. The molecule has 108 valence electrons. The summed E-state index contributed by atoms with van der Waals surface area (Å²) in [5.41, 5.74) is 1.23. The highest BCUT2D eigenvalue weighted by Crippen LogP contribution is 2.32. The number of nitriles is 1. The van der Waals surface area contributed by atoms with Gasteiger partial charge in [-0.05, 0) is 29.8 Å². The topological polar surface area (TPSA) is 42.2 Å². The number of hydrogen-bond acceptors (Lipinski definition) is 3. The van der Waals surface area contributed by atoms with Gasteiger partial charge in [0.25, 0.3) is 0 Å². The molecule has 0 radical (unpaired) electrons. The summed E-state index contributed by atoms with van der Waals surface area (Å²) in [7, 11) is 0. The van der Waals surface area contributed by atoms with Gasteiger partial charge in [0.1, 0.15) is 6.61 Å². The second-order valence-electron chi connectivity index (χ2n) is 4.09. The van der Waals surface area contributed by atoms with E-state index in [2.05, 4.69) is 4.74 Å². The zero-order chi connectivity index (χ0) is 15.3. The summed E-state index contributed by atoms with van der Waals surface area (Å²) < 4.78 is 46.0. The Balaban J connectivity index is 2.07. The highest BCUT2D eigenvalue weighted by Gasteiger charge is 2.32. The van der Waals surface area contributed by atoms with Crippen LogP contribution in [0.5, 0.6) is 11.5 Å². The standard InChI is InChI=1S/C15H10F3NO2/c16-15(17,18)21-14-4-2-1-3-13(14)20-10-12-7-5-11(9-19)6-8-12/h1-8H,10H2. The Morgan fingerprint density at radius 2 is 1.57 bits per heavy atom. The van der Waals surface area contributed by atoms with Gasteiger partial charge in [-0.2, -0.15) is 5.26 Å². The van der Waals surface area contributed by atoms with Crippen molar-refractivity contribution in [2.45, 2.75) is 13.0 Å². The average molecular weight is 293 g/mol. The van der Waals surface area contributed by atoms with E-state index in [-0.39, 0.29) is 12.4 Å². The van der Waals surface area contributed by atoms with Gasteiger partial charge in [0.05, 0.1) is 11.6 Å². The molecule has 0 fully saturated rings. The number of rotatable bonds is 4. The van der Waals surface area contributed by atoms with Gasteiger partial charge in [-0.15, -0.1) is 13.2 Å². The molecule has 0 unspecified atom stereocenters. The first-order valence-electron chi connectivity index (χ1n) is 5.94. The van der Waals surface area contributed by atoms with Crippen molar-refractivity contribution in [3.8, 4) is 17.6 Å². The van der Waals surface area contributed by atoms with Crippen molar-refractivity contribution in [3.05, 3.63) is 59.7 Å². The maximum Gasteiger partial charge on any atom is 0.573 e. The van der Waals surface area contributed by atoms with Crippen LogP contribution in [0.25, 0.3) is 0 Å². The van der Waals surface area contributed by atoms with E-state index in [1.807, 2.05) is 6.07 Å². The fourth-order valence-corrected chi connectivity index (χ4v) is 1.61. The highest BCUT2D eigenvalue weighted by molar-refractivity contribution is 5.40. The molecule has 2 aromatic carbocycles. The number of hydrogen-bond donors (Lipinski definition) is 0. The third kappa shape index (κ3) is 4.42. The number of para-hydroxylation sites is 2. The van der Waals surface area contributed by atoms with Gasteiger partial charge in [-0.25, -0.2) is 0 Å². The van der Waals surface area contributed by atoms with Crippen molar-refractivity contribution in [3.63, 3.8) is 0 Å². The van der Waals surface area contributed by atoms with Gasteiger partial charge in [-0.1, -0.05) is 24.3 Å². The van der Waals surface area contributed by atoms with E-state index >= 15 is 0 Å². The lowest BCUT2D eigenvalue weighted by atomic mass is 10.1. The first-order chi connectivity index (χ1) is 9.98. The molecule has 0 amide bonds. The Kier molecular flexibility index (Phi) is 4.33. The van der Waals surface area contributed by atoms with E-state index in [9.17, 15) is 13.2 Å². The molecule has 0 aromatic heterocycles. The largest absolute Gasteiger partial charge is 0.573 e. The molecule has 0 aliphatic rings. The lowest BCUT2D eigenvalue weighted by molar-refractivity contribution is -0.275. The summed E-state index contributed by atoms with van der Waals surface area (Å²) in [5.74, 6) is -0.391. The van der Waals surface area contributed by atoms with Crippen molar-refractivity contribution in [1.29, 1.82) is 5.26 Å². The smallest absolute Gasteiger partial charge is 0.485 e. The van der Waals surface area contributed by atoms with E-state index < -0.39 is 12.1 Å². The molecule has 0 heterocycles. The van der Waals surface area contributed by atoms with Crippen LogP contribution in [0.4, 0.5) is 13.2 Å². The Morgan fingerprint density at radius 1 is 0.952 bits per heavy atom. The summed E-state index contributed by atoms with van der Waals surface area (Å²) in [5, 5.41) is 8.68. The number of ether oxygens (including phenoxy) is 2. The van der Waals surface area contributed by atoms with Crippen LogP contribution in [0.15, 0.2) is 48.5 Å². The van der Waals surface area contributed by atoms with Crippen LogP contribution in [0.3, 0.4) is 0 Å². The highest BCUT2D eigenvalue weighted by atomic mass is 19.4. The Morgan fingerprint density at radius 3 is 2.14 bits per heavy atom. The molecular formula is C15H10F3NO2. The van der Waals surface area contributed by atoms with Crippen LogP contribution in [0.1, 0.15) is 11.1 Å². The molecule has 0 saturated carbocycles. The normalized spacial score (nSPS) is 10.8. The van der Waals surface area contributed by atoms with E-state index in [4.69, 9.17) is 10.00 Å². The molecule has 21 heavy (non-hydrogen) atoms. The van der Waals surface area contributed by atoms with E-state index in [0.717, 1.165) is 5.56 Å². The molecule has 2 rings (SSSR count). The number of benzene rings is 2. The maximum absolute atomic E-state index is 12.3. The minimum atomic E-state index is -4.77. The molecule has 0 spiro atoms. The minimum Gasteiger partial charge on any atom is -0.485 e. The van der Waals surface area contributed by atoms with Crippen LogP contribution in [-0.2, 0) is 6.61 Å².